The van der Waals surface area contributed by atoms with Crippen LogP contribution in [-0.2, 0) is 4.79 Å². The van der Waals surface area contributed by atoms with Gasteiger partial charge in [0.15, 0.2) is 0 Å². The topological polar surface area (TPSA) is 63.3 Å². The molecule has 0 spiro atoms. The van der Waals surface area contributed by atoms with Crippen molar-refractivity contribution in [3.8, 4) is 0 Å². The zero-order chi connectivity index (χ0) is 9.47. The van der Waals surface area contributed by atoms with Crippen LogP contribution in [0.3, 0.4) is 0 Å². The number of carbonyl (C=O) groups is 1. The van der Waals surface area contributed by atoms with Crippen molar-refractivity contribution in [1.82, 2.24) is 0 Å². The first-order chi connectivity index (χ1) is 6.15. The molecule has 2 aliphatic carbocycles. The summed E-state index contributed by atoms with van der Waals surface area (Å²) >= 11 is 0. The number of hydrogen-bond acceptors (Lipinski definition) is 2. The van der Waals surface area contributed by atoms with Crippen LogP contribution in [0.5, 0.6) is 0 Å². The van der Waals surface area contributed by atoms with E-state index in [-0.39, 0.29) is 11.8 Å². The molecule has 2 fully saturated rings. The van der Waals surface area contributed by atoms with Crippen LogP contribution >= 0.6 is 0 Å². The van der Waals surface area contributed by atoms with Gasteiger partial charge in [-0.15, -0.1) is 0 Å². The molecule has 3 N–H and O–H groups in total. The molecule has 3 heteroatoms. The van der Waals surface area contributed by atoms with Crippen LogP contribution in [0.15, 0.2) is 0 Å². The largest absolute Gasteiger partial charge is 0.481 e. The lowest BCUT2D eigenvalue weighted by atomic mass is 9.72. The summed E-state index contributed by atoms with van der Waals surface area (Å²) in [6, 6.07) is 0. The maximum atomic E-state index is 10.7. The van der Waals surface area contributed by atoms with Gasteiger partial charge in [0.05, 0.1) is 6.42 Å². The molecule has 3 nitrogen and oxygen atoms in total. The zero-order valence-corrected chi connectivity index (χ0v) is 7.83. The van der Waals surface area contributed by atoms with Crippen molar-refractivity contribution in [2.75, 3.05) is 6.54 Å². The minimum Gasteiger partial charge on any atom is -0.481 e. The Balaban J connectivity index is 2.01. The SMILES string of the molecule is NCC1(CC(=O)O)CCC2CC2C1. The molecule has 0 aromatic heterocycles. The number of carboxylic acid groups (broad SMARTS) is 1. The molecule has 0 aromatic rings. The van der Waals surface area contributed by atoms with E-state index < -0.39 is 5.97 Å². The molecule has 0 saturated heterocycles. The van der Waals surface area contributed by atoms with E-state index in [2.05, 4.69) is 0 Å². The highest BCUT2D eigenvalue weighted by Crippen LogP contribution is 2.56. The second kappa shape index (κ2) is 2.98. The van der Waals surface area contributed by atoms with Crippen LogP contribution in [-0.4, -0.2) is 17.6 Å². The summed E-state index contributed by atoms with van der Waals surface area (Å²) in [5.74, 6) is 1.02. The molecule has 0 aromatic carbocycles. The highest BCUT2D eigenvalue weighted by molar-refractivity contribution is 5.67. The third-order valence-electron chi connectivity index (χ3n) is 3.77. The molecule has 2 rings (SSSR count). The normalized spacial score (nSPS) is 42.5. The molecule has 0 bridgehead atoms. The van der Waals surface area contributed by atoms with E-state index >= 15 is 0 Å². The van der Waals surface area contributed by atoms with E-state index in [1.165, 1.54) is 12.8 Å². The fraction of sp³-hybridized carbons (Fsp3) is 0.900. The van der Waals surface area contributed by atoms with Crippen molar-refractivity contribution in [1.29, 1.82) is 0 Å². The lowest BCUT2D eigenvalue weighted by Gasteiger charge is -2.34. The van der Waals surface area contributed by atoms with Gasteiger partial charge in [-0.2, -0.15) is 0 Å². The highest BCUT2D eigenvalue weighted by Gasteiger charge is 2.48. The molecule has 2 saturated carbocycles. The second-order valence-electron chi connectivity index (χ2n) is 4.77. The summed E-state index contributed by atoms with van der Waals surface area (Å²) in [4.78, 5) is 10.7. The minimum atomic E-state index is -0.690. The zero-order valence-electron chi connectivity index (χ0n) is 7.83. The molecule has 13 heavy (non-hydrogen) atoms. The van der Waals surface area contributed by atoms with Gasteiger partial charge in [0.2, 0.25) is 0 Å². The molecular weight excluding hydrogens is 166 g/mol. The van der Waals surface area contributed by atoms with Crippen molar-refractivity contribution < 1.29 is 9.90 Å². The Morgan fingerprint density at radius 2 is 2.31 bits per heavy atom. The van der Waals surface area contributed by atoms with Gasteiger partial charge >= 0.3 is 5.97 Å². The number of carboxylic acids is 1. The second-order valence-corrected chi connectivity index (χ2v) is 4.77. The van der Waals surface area contributed by atoms with Crippen LogP contribution < -0.4 is 5.73 Å². The van der Waals surface area contributed by atoms with Gasteiger partial charge in [0.1, 0.15) is 0 Å². The molecule has 0 heterocycles. The summed E-state index contributed by atoms with van der Waals surface area (Å²) in [6.45, 7) is 0.544. The molecule has 3 unspecified atom stereocenters. The maximum Gasteiger partial charge on any atom is 0.303 e. The molecule has 2 aliphatic rings. The molecule has 0 aliphatic heterocycles. The smallest absolute Gasteiger partial charge is 0.303 e. The van der Waals surface area contributed by atoms with E-state index in [9.17, 15) is 4.79 Å². The first kappa shape index (κ1) is 9.00. The highest BCUT2D eigenvalue weighted by atomic mass is 16.4. The summed E-state index contributed by atoms with van der Waals surface area (Å²) in [6.07, 6.45) is 4.88. The van der Waals surface area contributed by atoms with Crippen LogP contribution in [0.1, 0.15) is 32.1 Å². The molecule has 74 valence electrons. The van der Waals surface area contributed by atoms with Gasteiger partial charge < -0.3 is 10.8 Å². The molecular formula is C10H17NO2. The quantitative estimate of drug-likeness (QED) is 0.691. The maximum absolute atomic E-state index is 10.7. The molecule has 3 atom stereocenters. The Morgan fingerprint density at radius 1 is 1.54 bits per heavy atom. The van der Waals surface area contributed by atoms with Crippen LogP contribution in [0.25, 0.3) is 0 Å². The van der Waals surface area contributed by atoms with E-state index in [1.54, 1.807) is 0 Å². The van der Waals surface area contributed by atoms with E-state index in [4.69, 9.17) is 10.8 Å². The van der Waals surface area contributed by atoms with Gasteiger partial charge in [-0.25, -0.2) is 0 Å². The number of nitrogens with two attached hydrogens (primary N) is 1. The lowest BCUT2D eigenvalue weighted by molar-refractivity contribution is -0.140. The minimum absolute atomic E-state index is 0.0660. The molecule has 0 radical (unpaired) electrons. The van der Waals surface area contributed by atoms with Gasteiger partial charge in [-0.05, 0) is 49.5 Å². The third-order valence-corrected chi connectivity index (χ3v) is 3.77. The lowest BCUT2D eigenvalue weighted by Crippen LogP contribution is -2.35. The first-order valence-electron chi connectivity index (χ1n) is 5.07. The Bertz CT molecular complexity index is 229. The average molecular weight is 183 g/mol. The monoisotopic (exact) mass is 183 g/mol. The van der Waals surface area contributed by atoms with Gasteiger partial charge in [-0.3, -0.25) is 4.79 Å². The number of fused-ring (bicyclic) bond motifs is 1. The number of rotatable bonds is 3. The summed E-state index contributed by atoms with van der Waals surface area (Å²) in [5, 5.41) is 8.81. The summed E-state index contributed by atoms with van der Waals surface area (Å²) < 4.78 is 0. The van der Waals surface area contributed by atoms with Gasteiger partial charge in [0.25, 0.3) is 0 Å². The third kappa shape index (κ3) is 1.70. The van der Waals surface area contributed by atoms with Crippen LogP contribution in [0, 0.1) is 17.3 Å². The summed E-state index contributed by atoms with van der Waals surface area (Å²) in [7, 11) is 0. The summed E-state index contributed by atoms with van der Waals surface area (Å²) in [5.41, 5.74) is 5.64. The van der Waals surface area contributed by atoms with Crippen molar-refractivity contribution in [2.45, 2.75) is 32.1 Å². The predicted octanol–water partition coefficient (Wildman–Crippen LogP) is 1.23. The average Bonchev–Trinajstić information content (AvgIpc) is 2.81. The number of aliphatic carboxylic acids is 1. The van der Waals surface area contributed by atoms with E-state index in [0.717, 1.165) is 24.7 Å². The van der Waals surface area contributed by atoms with Crippen molar-refractivity contribution >= 4 is 5.97 Å². The van der Waals surface area contributed by atoms with Gasteiger partial charge in [0, 0.05) is 0 Å². The fourth-order valence-electron chi connectivity index (χ4n) is 2.80. The van der Waals surface area contributed by atoms with E-state index in [0.29, 0.717) is 6.54 Å². The van der Waals surface area contributed by atoms with Crippen LogP contribution in [0.2, 0.25) is 0 Å². The Morgan fingerprint density at radius 3 is 2.85 bits per heavy atom. The Kier molecular flexibility index (Phi) is 2.06. The first-order valence-corrected chi connectivity index (χ1v) is 5.07. The Hall–Kier alpha value is -0.570. The molecule has 0 amide bonds. The van der Waals surface area contributed by atoms with Gasteiger partial charge in [-0.1, -0.05) is 0 Å². The van der Waals surface area contributed by atoms with E-state index in [1.807, 2.05) is 0 Å². The van der Waals surface area contributed by atoms with Crippen molar-refractivity contribution in [3.05, 3.63) is 0 Å². The Labute approximate surface area is 78.3 Å². The standard InChI is InChI=1S/C10H17NO2/c11-6-10(5-9(12)13)2-1-7-3-8(7)4-10/h7-8H,1-6,11H2,(H,12,13). The van der Waals surface area contributed by atoms with Crippen LogP contribution in [0.4, 0.5) is 0 Å². The van der Waals surface area contributed by atoms with Crippen molar-refractivity contribution in [3.63, 3.8) is 0 Å². The fourth-order valence-corrected chi connectivity index (χ4v) is 2.80. The number of hydrogen-bond donors (Lipinski definition) is 2. The predicted molar refractivity (Wildman–Crippen MR) is 49.2 cm³/mol. The van der Waals surface area contributed by atoms with Crippen molar-refractivity contribution in [2.24, 2.45) is 23.0 Å².